The minimum absolute atomic E-state index is 0.0221. The van der Waals surface area contributed by atoms with E-state index in [9.17, 15) is 4.79 Å². The molecule has 4 rings (SSSR count). The highest BCUT2D eigenvalue weighted by atomic mass is 32.2. The van der Waals surface area contributed by atoms with E-state index in [2.05, 4.69) is 65.9 Å². The maximum absolute atomic E-state index is 12.6. The highest BCUT2D eigenvalue weighted by Gasteiger charge is 2.28. The van der Waals surface area contributed by atoms with Crippen molar-refractivity contribution in [3.8, 4) is 5.69 Å². The van der Waals surface area contributed by atoms with Crippen LogP contribution in [0.3, 0.4) is 0 Å². The number of nitrogens with zero attached hydrogens (tertiary/aromatic N) is 3. The Morgan fingerprint density at radius 3 is 2.58 bits per heavy atom. The van der Waals surface area contributed by atoms with Crippen molar-refractivity contribution in [3.63, 3.8) is 0 Å². The second kappa shape index (κ2) is 9.42. The second-order valence-corrected chi connectivity index (χ2v) is 9.47. The number of thioether (sulfide) groups is 1. The molecule has 31 heavy (non-hydrogen) atoms. The molecule has 1 aromatic heterocycles. The third-order valence-corrected chi connectivity index (χ3v) is 6.68. The molecular weight excluding hydrogens is 408 g/mol. The van der Waals surface area contributed by atoms with E-state index in [1.165, 1.54) is 17.3 Å². The first kappa shape index (κ1) is 21.9. The molecule has 0 bridgehead atoms. The summed E-state index contributed by atoms with van der Waals surface area (Å²) >= 11 is 1.47. The van der Waals surface area contributed by atoms with Gasteiger partial charge in [0, 0.05) is 30.9 Å². The van der Waals surface area contributed by atoms with Crippen molar-refractivity contribution >= 4 is 28.7 Å². The predicted octanol–water partition coefficient (Wildman–Crippen LogP) is 3.65. The number of hydrogen-bond donors (Lipinski definition) is 1. The van der Waals surface area contributed by atoms with E-state index in [0.29, 0.717) is 12.3 Å². The van der Waals surface area contributed by atoms with Crippen LogP contribution in [0.2, 0.25) is 0 Å². The molecule has 1 saturated heterocycles. The molecule has 0 unspecified atom stereocenters. The Kier molecular flexibility index (Phi) is 6.65. The Balaban J connectivity index is 1.44. The Bertz CT molecular complexity index is 1040. The molecule has 1 amide bonds. The summed E-state index contributed by atoms with van der Waals surface area (Å²) in [6.45, 7) is 10.3. The van der Waals surface area contributed by atoms with Gasteiger partial charge in [0.2, 0.25) is 5.91 Å². The lowest BCUT2D eigenvalue weighted by Gasteiger charge is -2.40. The minimum Gasteiger partial charge on any atom is -0.379 e. The average molecular weight is 439 g/mol. The predicted molar refractivity (Wildman–Crippen MR) is 126 cm³/mol. The van der Waals surface area contributed by atoms with Crippen LogP contribution >= 0.6 is 11.8 Å². The average Bonchev–Trinajstić information content (AvgIpc) is 3.16. The molecule has 1 aliphatic heterocycles. The van der Waals surface area contributed by atoms with Gasteiger partial charge in [-0.1, -0.05) is 41.6 Å². The SMILES string of the molecule is Cc1ccc(-n2c(SCC(=O)NCC(C)(C)N3CCOCC3)nc3ccccc32)cc1. The number of para-hydroxylation sites is 2. The molecule has 1 fully saturated rings. The largest absolute Gasteiger partial charge is 0.379 e. The number of nitrogens with one attached hydrogen (secondary N) is 1. The number of benzene rings is 2. The van der Waals surface area contributed by atoms with Crippen molar-refractivity contribution in [1.82, 2.24) is 19.8 Å². The molecule has 2 aromatic carbocycles. The number of aromatic nitrogens is 2. The molecule has 3 aromatic rings. The summed E-state index contributed by atoms with van der Waals surface area (Å²) in [7, 11) is 0. The van der Waals surface area contributed by atoms with Crippen LogP contribution in [0.4, 0.5) is 0 Å². The molecule has 0 radical (unpaired) electrons. The molecule has 1 aliphatic rings. The molecule has 164 valence electrons. The van der Waals surface area contributed by atoms with E-state index in [0.717, 1.165) is 48.2 Å². The second-order valence-electron chi connectivity index (χ2n) is 8.53. The fraction of sp³-hybridized carbons (Fsp3) is 0.417. The summed E-state index contributed by atoms with van der Waals surface area (Å²) in [4.78, 5) is 19.8. The highest BCUT2D eigenvalue weighted by molar-refractivity contribution is 7.99. The molecule has 2 heterocycles. The van der Waals surface area contributed by atoms with Gasteiger partial charge in [-0.15, -0.1) is 0 Å². The minimum atomic E-state index is -0.0981. The number of fused-ring (bicyclic) bond motifs is 1. The van der Waals surface area contributed by atoms with Gasteiger partial charge in [0.05, 0.1) is 30.0 Å². The lowest BCUT2D eigenvalue weighted by molar-refractivity contribution is -0.119. The van der Waals surface area contributed by atoms with Crippen LogP contribution in [0.15, 0.2) is 53.7 Å². The van der Waals surface area contributed by atoms with Gasteiger partial charge < -0.3 is 10.1 Å². The summed E-state index contributed by atoms with van der Waals surface area (Å²) < 4.78 is 7.57. The van der Waals surface area contributed by atoms with E-state index in [1.54, 1.807) is 0 Å². The first-order valence-electron chi connectivity index (χ1n) is 10.7. The molecule has 0 aliphatic carbocycles. The Morgan fingerprint density at radius 1 is 1.13 bits per heavy atom. The number of ether oxygens (including phenoxy) is 1. The monoisotopic (exact) mass is 438 g/mol. The number of carbonyl (C=O) groups excluding carboxylic acids is 1. The van der Waals surface area contributed by atoms with Gasteiger partial charge in [0.15, 0.2) is 5.16 Å². The van der Waals surface area contributed by atoms with E-state index in [4.69, 9.17) is 9.72 Å². The fourth-order valence-corrected chi connectivity index (χ4v) is 4.68. The first-order chi connectivity index (χ1) is 14.9. The molecular formula is C24H30N4O2S. The van der Waals surface area contributed by atoms with Crippen LogP contribution in [-0.2, 0) is 9.53 Å². The number of rotatable bonds is 7. The Morgan fingerprint density at radius 2 is 1.84 bits per heavy atom. The molecule has 1 N–H and O–H groups in total. The summed E-state index contributed by atoms with van der Waals surface area (Å²) in [6.07, 6.45) is 0. The standard InChI is InChI=1S/C24H30N4O2S/c1-18-8-10-19(11-9-18)28-21-7-5-4-6-20(21)26-23(28)31-16-22(29)25-17-24(2,3)27-12-14-30-15-13-27/h4-11H,12-17H2,1-3H3,(H,25,29). The van der Waals surface area contributed by atoms with Crippen molar-refractivity contribution in [1.29, 1.82) is 0 Å². The zero-order valence-corrected chi connectivity index (χ0v) is 19.2. The van der Waals surface area contributed by atoms with E-state index in [-0.39, 0.29) is 11.4 Å². The van der Waals surface area contributed by atoms with Gasteiger partial charge in [0.1, 0.15) is 0 Å². The van der Waals surface area contributed by atoms with Crippen LogP contribution in [0.5, 0.6) is 0 Å². The van der Waals surface area contributed by atoms with E-state index >= 15 is 0 Å². The van der Waals surface area contributed by atoms with Gasteiger partial charge >= 0.3 is 0 Å². The Hall–Kier alpha value is -2.35. The summed E-state index contributed by atoms with van der Waals surface area (Å²) in [6, 6.07) is 16.5. The van der Waals surface area contributed by atoms with Gasteiger partial charge in [-0.25, -0.2) is 4.98 Å². The third kappa shape index (κ3) is 5.11. The van der Waals surface area contributed by atoms with Crippen molar-refractivity contribution in [2.75, 3.05) is 38.6 Å². The maximum atomic E-state index is 12.6. The van der Waals surface area contributed by atoms with Crippen molar-refractivity contribution < 1.29 is 9.53 Å². The van der Waals surface area contributed by atoms with E-state index < -0.39 is 0 Å². The van der Waals surface area contributed by atoms with Crippen LogP contribution in [0, 0.1) is 6.92 Å². The zero-order valence-electron chi connectivity index (χ0n) is 18.4. The number of imidazole rings is 1. The van der Waals surface area contributed by atoms with Crippen LogP contribution < -0.4 is 5.32 Å². The summed E-state index contributed by atoms with van der Waals surface area (Å²) in [5, 5.41) is 3.94. The normalized spacial score (nSPS) is 15.3. The Labute approximate surface area is 188 Å². The van der Waals surface area contributed by atoms with Crippen molar-refractivity contribution in [2.45, 2.75) is 31.5 Å². The molecule has 6 nitrogen and oxygen atoms in total. The maximum Gasteiger partial charge on any atom is 0.230 e. The van der Waals surface area contributed by atoms with E-state index in [1.807, 2.05) is 18.2 Å². The molecule has 0 spiro atoms. The molecule has 0 saturated carbocycles. The molecule has 0 atom stereocenters. The fourth-order valence-electron chi connectivity index (χ4n) is 3.82. The number of amides is 1. The summed E-state index contributed by atoms with van der Waals surface area (Å²) in [5.41, 5.74) is 4.14. The van der Waals surface area contributed by atoms with Crippen LogP contribution in [0.1, 0.15) is 19.4 Å². The number of carbonyl (C=O) groups is 1. The number of aryl methyl sites for hydroxylation is 1. The van der Waals surface area contributed by atoms with Gasteiger partial charge in [-0.2, -0.15) is 0 Å². The van der Waals surface area contributed by atoms with Crippen molar-refractivity contribution in [3.05, 3.63) is 54.1 Å². The number of morpholine rings is 1. The lowest BCUT2D eigenvalue weighted by atomic mass is 10.0. The topological polar surface area (TPSA) is 59.4 Å². The summed E-state index contributed by atoms with van der Waals surface area (Å²) in [5.74, 6) is 0.350. The smallest absolute Gasteiger partial charge is 0.230 e. The molecule has 7 heteroatoms. The highest BCUT2D eigenvalue weighted by Crippen LogP contribution is 2.28. The lowest BCUT2D eigenvalue weighted by Crippen LogP contribution is -2.55. The van der Waals surface area contributed by atoms with Gasteiger partial charge in [-0.05, 0) is 45.0 Å². The quantitative estimate of drug-likeness (QED) is 0.571. The van der Waals surface area contributed by atoms with Crippen molar-refractivity contribution in [2.24, 2.45) is 0 Å². The van der Waals surface area contributed by atoms with Crippen LogP contribution in [0.25, 0.3) is 16.7 Å². The third-order valence-electron chi connectivity index (χ3n) is 5.74. The van der Waals surface area contributed by atoms with Gasteiger partial charge in [-0.3, -0.25) is 14.3 Å². The van der Waals surface area contributed by atoms with Gasteiger partial charge in [0.25, 0.3) is 0 Å². The number of hydrogen-bond acceptors (Lipinski definition) is 5. The van der Waals surface area contributed by atoms with Crippen LogP contribution in [-0.4, -0.2) is 64.5 Å². The zero-order chi connectivity index (χ0) is 21.8. The first-order valence-corrected chi connectivity index (χ1v) is 11.7.